The molecule has 0 bridgehead atoms. The fourth-order valence-electron chi connectivity index (χ4n) is 1.52. The Kier molecular flexibility index (Phi) is 3.41. The summed E-state index contributed by atoms with van der Waals surface area (Å²) in [6, 6.07) is 8.36. The van der Waals surface area contributed by atoms with Crippen LogP contribution in [0.1, 0.15) is 11.8 Å². The molecule has 2 aromatic heterocycles. The summed E-state index contributed by atoms with van der Waals surface area (Å²) in [5, 5.41) is 5.45. The largest absolute Gasteiger partial charge is 0.397 e. The molecule has 0 fully saturated rings. The molecule has 1 atom stereocenters. The van der Waals surface area contributed by atoms with Crippen LogP contribution in [0, 0.1) is 0 Å². The van der Waals surface area contributed by atoms with Gasteiger partial charge in [0.1, 0.15) is 5.82 Å². The van der Waals surface area contributed by atoms with Crippen molar-refractivity contribution in [2.45, 2.75) is 19.4 Å². The van der Waals surface area contributed by atoms with Crippen molar-refractivity contribution in [3.63, 3.8) is 0 Å². The van der Waals surface area contributed by atoms with Crippen molar-refractivity contribution >= 4 is 22.8 Å². The molecule has 84 valence electrons. The van der Waals surface area contributed by atoms with E-state index in [1.807, 2.05) is 12.1 Å². The SMILES string of the molecule is CC(Cc1cccs1)Nc1ccc(N)cn1. The zero-order chi connectivity index (χ0) is 11.4. The number of hydrogen-bond acceptors (Lipinski definition) is 4. The summed E-state index contributed by atoms with van der Waals surface area (Å²) >= 11 is 1.78. The fourth-order valence-corrected chi connectivity index (χ4v) is 2.36. The van der Waals surface area contributed by atoms with E-state index >= 15 is 0 Å². The van der Waals surface area contributed by atoms with E-state index in [0.29, 0.717) is 11.7 Å². The Morgan fingerprint density at radius 2 is 2.31 bits per heavy atom. The molecule has 0 amide bonds. The molecule has 3 N–H and O–H groups in total. The van der Waals surface area contributed by atoms with Gasteiger partial charge in [-0.05, 0) is 30.5 Å². The predicted molar refractivity (Wildman–Crippen MR) is 69.8 cm³/mol. The minimum Gasteiger partial charge on any atom is -0.397 e. The van der Waals surface area contributed by atoms with Gasteiger partial charge in [0.25, 0.3) is 0 Å². The van der Waals surface area contributed by atoms with Crippen LogP contribution in [-0.2, 0) is 6.42 Å². The van der Waals surface area contributed by atoms with Crippen LogP contribution in [-0.4, -0.2) is 11.0 Å². The number of thiophene rings is 1. The summed E-state index contributed by atoms with van der Waals surface area (Å²) in [6.45, 7) is 2.15. The number of anilines is 2. The molecule has 16 heavy (non-hydrogen) atoms. The summed E-state index contributed by atoms with van der Waals surface area (Å²) in [5.41, 5.74) is 6.27. The van der Waals surface area contributed by atoms with Crippen LogP contribution in [0.25, 0.3) is 0 Å². The molecule has 3 nitrogen and oxygen atoms in total. The van der Waals surface area contributed by atoms with Gasteiger partial charge < -0.3 is 11.1 Å². The van der Waals surface area contributed by atoms with Gasteiger partial charge in [0, 0.05) is 17.3 Å². The van der Waals surface area contributed by atoms with Gasteiger partial charge >= 0.3 is 0 Å². The molecule has 2 aromatic rings. The molecule has 0 aliphatic rings. The molecule has 0 radical (unpaired) electrons. The van der Waals surface area contributed by atoms with Gasteiger partial charge in [-0.1, -0.05) is 6.07 Å². The molecule has 0 spiro atoms. The second-order valence-electron chi connectivity index (χ2n) is 3.81. The van der Waals surface area contributed by atoms with Crippen molar-refractivity contribution in [2.24, 2.45) is 0 Å². The molecule has 0 aliphatic heterocycles. The van der Waals surface area contributed by atoms with Crippen LogP contribution >= 0.6 is 11.3 Å². The van der Waals surface area contributed by atoms with E-state index in [2.05, 4.69) is 34.7 Å². The summed E-state index contributed by atoms with van der Waals surface area (Å²) < 4.78 is 0. The lowest BCUT2D eigenvalue weighted by molar-refractivity contribution is 0.794. The van der Waals surface area contributed by atoms with E-state index in [-0.39, 0.29) is 0 Å². The first kappa shape index (κ1) is 11.0. The number of rotatable bonds is 4. The summed E-state index contributed by atoms with van der Waals surface area (Å²) in [7, 11) is 0. The van der Waals surface area contributed by atoms with E-state index in [0.717, 1.165) is 12.2 Å². The van der Waals surface area contributed by atoms with Crippen molar-refractivity contribution in [2.75, 3.05) is 11.1 Å². The third kappa shape index (κ3) is 2.97. The van der Waals surface area contributed by atoms with E-state index in [4.69, 9.17) is 5.73 Å². The number of nitrogen functional groups attached to an aromatic ring is 1. The molecule has 0 saturated carbocycles. The second-order valence-corrected chi connectivity index (χ2v) is 4.84. The average molecular weight is 233 g/mol. The first-order valence-electron chi connectivity index (χ1n) is 5.24. The highest BCUT2D eigenvalue weighted by Crippen LogP contribution is 2.14. The van der Waals surface area contributed by atoms with Gasteiger partial charge in [0.2, 0.25) is 0 Å². The Labute approximate surface area is 99.3 Å². The van der Waals surface area contributed by atoms with Crippen molar-refractivity contribution in [1.82, 2.24) is 4.98 Å². The number of nitrogens with zero attached hydrogens (tertiary/aromatic N) is 1. The van der Waals surface area contributed by atoms with Crippen LogP contribution in [0.15, 0.2) is 35.8 Å². The second kappa shape index (κ2) is 4.99. The maximum atomic E-state index is 5.58. The standard InChI is InChI=1S/C12H15N3S/c1-9(7-11-3-2-6-16-11)15-12-5-4-10(13)8-14-12/h2-6,8-9H,7,13H2,1H3,(H,14,15). The number of nitrogens with two attached hydrogens (primary N) is 1. The Bertz CT molecular complexity index is 422. The molecular formula is C12H15N3S. The lowest BCUT2D eigenvalue weighted by Gasteiger charge is -2.13. The van der Waals surface area contributed by atoms with E-state index < -0.39 is 0 Å². The zero-order valence-electron chi connectivity index (χ0n) is 9.18. The highest BCUT2D eigenvalue weighted by Gasteiger charge is 2.04. The van der Waals surface area contributed by atoms with Crippen LogP contribution in [0.2, 0.25) is 0 Å². The zero-order valence-corrected chi connectivity index (χ0v) is 10.00. The molecule has 0 aromatic carbocycles. The lowest BCUT2D eigenvalue weighted by atomic mass is 10.2. The number of hydrogen-bond donors (Lipinski definition) is 2. The van der Waals surface area contributed by atoms with Gasteiger partial charge in [0.15, 0.2) is 0 Å². The molecule has 2 heterocycles. The molecule has 2 rings (SSSR count). The summed E-state index contributed by atoms with van der Waals surface area (Å²) in [5.74, 6) is 0.873. The Balaban J connectivity index is 1.92. The molecule has 0 saturated heterocycles. The fraction of sp³-hybridized carbons (Fsp3) is 0.250. The molecule has 1 unspecified atom stereocenters. The lowest BCUT2D eigenvalue weighted by Crippen LogP contribution is -2.18. The first-order valence-corrected chi connectivity index (χ1v) is 6.12. The van der Waals surface area contributed by atoms with Gasteiger partial charge in [-0.15, -0.1) is 11.3 Å². The van der Waals surface area contributed by atoms with E-state index in [1.54, 1.807) is 17.5 Å². The van der Waals surface area contributed by atoms with Gasteiger partial charge in [0.05, 0.1) is 11.9 Å². The highest BCUT2D eigenvalue weighted by molar-refractivity contribution is 7.09. The summed E-state index contributed by atoms with van der Waals surface area (Å²) in [4.78, 5) is 5.60. The average Bonchev–Trinajstić information content (AvgIpc) is 2.74. The minimum absolute atomic E-state index is 0.370. The van der Waals surface area contributed by atoms with Crippen LogP contribution < -0.4 is 11.1 Å². The van der Waals surface area contributed by atoms with Crippen LogP contribution in [0.3, 0.4) is 0 Å². The van der Waals surface area contributed by atoms with Crippen molar-refractivity contribution < 1.29 is 0 Å². The van der Waals surface area contributed by atoms with Gasteiger partial charge in [-0.3, -0.25) is 0 Å². The smallest absolute Gasteiger partial charge is 0.126 e. The van der Waals surface area contributed by atoms with Gasteiger partial charge in [-0.25, -0.2) is 4.98 Å². The van der Waals surface area contributed by atoms with E-state index in [1.165, 1.54) is 4.88 Å². The molecule has 0 aliphatic carbocycles. The summed E-state index contributed by atoms with van der Waals surface area (Å²) in [6.07, 6.45) is 2.68. The van der Waals surface area contributed by atoms with E-state index in [9.17, 15) is 0 Å². The Morgan fingerprint density at radius 1 is 1.44 bits per heavy atom. The Hall–Kier alpha value is -1.55. The number of nitrogens with one attached hydrogen (secondary N) is 1. The maximum Gasteiger partial charge on any atom is 0.126 e. The van der Waals surface area contributed by atoms with Crippen molar-refractivity contribution in [1.29, 1.82) is 0 Å². The predicted octanol–water partition coefficient (Wildman–Crippen LogP) is 2.77. The van der Waals surface area contributed by atoms with Crippen molar-refractivity contribution in [3.05, 3.63) is 40.7 Å². The number of aromatic nitrogens is 1. The third-order valence-electron chi connectivity index (χ3n) is 2.27. The van der Waals surface area contributed by atoms with Gasteiger partial charge in [-0.2, -0.15) is 0 Å². The van der Waals surface area contributed by atoms with Crippen LogP contribution in [0.5, 0.6) is 0 Å². The first-order chi connectivity index (χ1) is 7.74. The molecular weight excluding hydrogens is 218 g/mol. The Morgan fingerprint density at radius 3 is 2.94 bits per heavy atom. The highest BCUT2D eigenvalue weighted by atomic mass is 32.1. The third-order valence-corrected chi connectivity index (χ3v) is 3.17. The quantitative estimate of drug-likeness (QED) is 0.853. The normalized spacial score (nSPS) is 12.3. The monoisotopic (exact) mass is 233 g/mol. The van der Waals surface area contributed by atoms with Crippen LogP contribution in [0.4, 0.5) is 11.5 Å². The van der Waals surface area contributed by atoms with Crippen molar-refractivity contribution in [3.8, 4) is 0 Å². The number of pyridine rings is 1. The molecule has 4 heteroatoms. The maximum absolute atomic E-state index is 5.58. The minimum atomic E-state index is 0.370. The topological polar surface area (TPSA) is 50.9 Å².